The maximum absolute atomic E-state index is 5.30. The number of nitrogens with two attached hydrogens (primary N) is 1. The molecule has 1 rings (SSSR count). The zero-order chi connectivity index (χ0) is 6.85. The number of rotatable bonds is 0. The molecular formula is C5H10N4O. The highest BCUT2D eigenvalue weighted by atomic mass is 16.0. The highest BCUT2D eigenvalue weighted by Crippen LogP contribution is 1.92. The first kappa shape index (κ1) is 8.77. The molecule has 0 spiro atoms. The Morgan fingerprint density at radius 2 is 1.40 bits per heavy atom. The maximum Gasteiger partial charge on any atom is 0.223 e. The number of anilines is 1. The minimum Gasteiger partial charge on any atom is -0.412 e. The molecule has 0 atom stereocenters. The van der Waals surface area contributed by atoms with Crippen molar-refractivity contribution in [2.45, 2.75) is 13.8 Å². The lowest BCUT2D eigenvalue weighted by molar-refractivity contribution is 0.824. The minimum absolute atomic E-state index is 0. The second kappa shape index (κ2) is 3.07. The van der Waals surface area contributed by atoms with Gasteiger partial charge in [-0.25, -0.2) is 4.98 Å². The van der Waals surface area contributed by atoms with Crippen molar-refractivity contribution in [2.24, 2.45) is 0 Å². The zero-order valence-electron chi connectivity index (χ0n) is 5.92. The number of hydrogen-bond donors (Lipinski definition) is 1. The van der Waals surface area contributed by atoms with Crippen molar-refractivity contribution < 1.29 is 5.48 Å². The van der Waals surface area contributed by atoms with Gasteiger partial charge in [0.15, 0.2) is 0 Å². The molecule has 0 radical (unpaired) electrons. The molecular weight excluding hydrogens is 132 g/mol. The van der Waals surface area contributed by atoms with Gasteiger partial charge in [0.1, 0.15) is 11.6 Å². The van der Waals surface area contributed by atoms with Gasteiger partial charge in [0.25, 0.3) is 0 Å². The van der Waals surface area contributed by atoms with Gasteiger partial charge in [-0.05, 0) is 13.8 Å². The van der Waals surface area contributed by atoms with Crippen molar-refractivity contribution in [1.82, 2.24) is 15.0 Å². The third-order valence-corrected chi connectivity index (χ3v) is 0.876. The topological polar surface area (TPSA) is 96.2 Å². The number of hydrogen-bond acceptors (Lipinski definition) is 4. The van der Waals surface area contributed by atoms with Crippen LogP contribution in [-0.4, -0.2) is 20.4 Å². The standard InChI is InChI=1S/C5H8N4.H2O/c1-3-7-4(2)9-5(6)8-3;/h1-2H3,(H2,6,7,8,9);1H2. The Morgan fingerprint density at radius 1 is 1.00 bits per heavy atom. The molecule has 1 aromatic heterocycles. The van der Waals surface area contributed by atoms with E-state index in [1.54, 1.807) is 13.8 Å². The third-order valence-electron chi connectivity index (χ3n) is 0.876. The molecule has 0 saturated carbocycles. The number of nitrogens with zero attached hydrogens (tertiary/aromatic N) is 3. The van der Waals surface area contributed by atoms with Crippen LogP contribution in [0.5, 0.6) is 0 Å². The second-order valence-corrected chi connectivity index (χ2v) is 1.79. The van der Waals surface area contributed by atoms with Crippen molar-refractivity contribution in [3.63, 3.8) is 0 Å². The smallest absolute Gasteiger partial charge is 0.223 e. The highest BCUT2D eigenvalue weighted by molar-refractivity contribution is 5.14. The van der Waals surface area contributed by atoms with Crippen LogP contribution in [0, 0.1) is 13.8 Å². The van der Waals surface area contributed by atoms with Gasteiger partial charge in [0.2, 0.25) is 5.95 Å². The van der Waals surface area contributed by atoms with Crippen molar-refractivity contribution in [3.05, 3.63) is 11.6 Å². The molecule has 0 aliphatic carbocycles. The van der Waals surface area contributed by atoms with Crippen molar-refractivity contribution in [1.29, 1.82) is 0 Å². The second-order valence-electron chi connectivity index (χ2n) is 1.79. The molecule has 0 saturated heterocycles. The first-order chi connectivity index (χ1) is 4.18. The summed E-state index contributed by atoms with van der Waals surface area (Å²) in [5.74, 6) is 1.63. The van der Waals surface area contributed by atoms with E-state index in [1.165, 1.54) is 0 Å². The molecule has 0 fully saturated rings. The Morgan fingerprint density at radius 3 is 1.70 bits per heavy atom. The molecule has 10 heavy (non-hydrogen) atoms. The fourth-order valence-corrected chi connectivity index (χ4v) is 0.641. The lowest BCUT2D eigenvalue weighted by Crippen LogP contribution is -2.01. The molecule has 0 amide bonds. The van der Waals surface area contributed by atoms with E-state index in [1.807, 2.05) is 0 Å². The molecule has 56 valence electrons. The Balaban J connectivity index is 0.000000810. The monoisotopic (exact) mass is 142 g/mol. The molecule has 5 nitrogen and oxygen atoms in total. The quantitative estimate of drug-likeness (QED) is 0.515. The summed E-state index contributed by atoms with van der Waals surface area (Å²) in [7, 11) is 0. The van der Waals surface area contributed by atoms with Gasteiger partial charge >= 0.3 is 0 Å². The Hall–Kier alpha value is -1.23. The van der Waals surface area contributed by atoms with Crippen molar-refractivity contribution in [3.8, 4) is 0 Å². The molecule has 1 aromatic rings. The summed E-state index contributed by atoms with van der Waals surface area (Å²) >= 11 is 0. The van der Waals surface area contributed by atoms with Gasteiger partial charge in [0, 0.05) is 0 Å². The number of nitrogen functional groups attached to an aromatic ring is 1. The van der Waals surface area contributed by atoms with Crippen LogP contribution in [-0.2, 0) is 0 Å². The minimum atomic E-state index is 0. The first-order valence-electron chi connectivity index (χ1n) is 2.63. The van der Waals surface area contributed by atoms with Crippen LogP contribution >= 0.6 is 0 Å². The van der Waals surface area contributed by atoms with E-state index in [4.69, 9.17) is 5.73 Å². The normalized spacial score (nSPS) is 8.60. The van der Waals surface area contributed by atoms with Crippen molar-refractivity contribution >= 4 is 5.95 Å². The lowest BCUT2D eigenvalue weighted by atomic mass is 10.6. The summed E-state index contributed by atoms with van der Waals surface area (Å²) in [5, 5.41) is 0. The van der Waals surface area contributed by atoms with Crippen LogP contribution in [0.15, 0.2) is 0 Å². The van der Waals surface area contributed by atoms with Crippen LogP contribution < -0.4 is 5.73 Å². The molecule has 0 aliphatic heterocycles. The van der Waals surface area contributed by atoms with Gasteiger partial charge in [-0.3, -0.25) is 0 Å². The van der Waals surface area contributed by atoms with Crippen LogP contribution in [0.25, 0.3) is 0 Å². The van der Waals surface area contributed by atoms with E-state index in [0.717, 1.165) is 0 Å². The largest absolute Gasteiger partial charge is 0.412 e. The van der Waals surface area contributed by atoms with Crippen LogP contribution in [0.3, 0.4) is 0 Å². The summed E-state index contributed by atoms with van der Waals surface area (Å²) in [4.78, 5) is 11.5. The van der Waals surface area contributed by atoms with Gasteiger partial charge in [-0.15, -0.1) is 0 Å². The summed E-state index contributed by atoms with van der Waals surface area (Å²) in [6.45, 7) is 3.57. The Kier molecular flexibility index (Phi) is 2.69. The third kappa shape index (κ3) is 1.94. The number of aryl methyl sites for hydroxylation is 2. The lowest BCUT2D eigenvalue weighted by Gasteiger charge is -1.93. The predicted molar refractivity (Wildman–Crippen MR) is 37.3 cm³/mol. The van der Waals surface area contributed by atoms with Crippen molar-refractivity contribution in [2.75, 3.05) is 5.73 Å². The number of aromatic nitrogens is 3. The van der Waals surface area contributed by atoms with E-state index in [9.17, 15) is 0 Å². The summed E-state index contributed by atoms with van der Waals surface area (Å²) in [5.41, 5.74) is 5.30. The average Bonchev–Trinajstić information content (AvgIpc) is 1.59. The van der Waals surface area contributed by atoms with E-state index >= 15 is 0 Å². The highest BCUT2D eigenvalue weighted by Gasteiger charge is 1.92. The average molecular weight is 142 g/mol. The SMILES string of the molecule is Cc1nc(C)nc(N)n1.O. The zero-order valence-corrected chi connectivity index (χ0v) is 5.92. The molecule has 4 N–H and O–H groups in total. The molecule has 1 heterocycles. The Bertz CT molecular complexity index is 174. The van der Waals surface area contributed by atoms with E-state index in [-0.39, 0.29) is 5.48 Å². The Labute approximate surface area is 58.6 Å². The van der Waals surface area contributed by atoms with E-state index in [2.05, 4.69) is 15.0 Å². The fraction of sp³-hybridized carbons (Fsp3) is 0.400. The van der Waals surface area contributed by atoms with Gasteiger partial charge in [-0.1, -0.05) is 0 Å². The van der Waals surface area contributed by atoms with Gasteiger partial charge in [-0.2, -0.15) is 9.97 Å². The molecule has 0 unspecified atom stereocenters. The van der Waals surface area contributed by atoms with Crippen LogP contribution in [0.2, 0.25) is 0 Å². The summed E-state index contributed by atoms with van der Waals surface area (Å²) < 4.78 is 0. The summed E-state index contributed by atoms with van der Waals surface area (Å²) in [6.07, 6.45) is 0. The molecule has 0 aromatic carbocycles. The van der Waals surface area contributed by atoms with Crippen LogP contribution in [0.4, 0.5) is 5.95 Å². The molecule has 5 heteroatoms. The van der Waals surface area contributed by atoms with Crippen LogP contribution in [0.1, 0.15) is 11.6 Å². The molecule has 0 bridgehead atoms. The van der Waals surface area contributed by atoms with Gasteiger partial charge < -0.3 is 11.2 Å². The molecule has 0 aliphatic rings. The predicted octanol–water partition coefficient (Wildman–Crippen LogP) is -0.754. The fourth-order valence-electron chi connectivity index (χ4n) is 0.641. The van der Waals surface area contributed by atoms with Gasteiger partial charge in [0.05, 0.1) is 0 Å². The maximum atomic E-state index is 5.30. The summed E-state index contributed by atoms with van der Waals surface area (Å²) in [6, 6.07) is 0. The first-order valence-corrected chi connectivity index (χ1v) is 2.63. The van der Waals surface area contributed by atoms with E-state index < -0.39 is 0 Å². The van der Waals surface area contributed by atoms with E-state index in [0.29, 0.717) is 17.6 Å².